The monoisotopic (exact) mass is 323 g/mol. The molecule has 0 amide bonds. The highest BCUT2D eigenvalue weighted by Crippen LogP contribution is 2.27. The van der Waals surface area contributed by atoms with Crippen molar-refractivity contribution in [2.45, 2.75) is 20.0 Å². The van der Waals surface area contributed by atoms with E-state index in [2.05, 4.69) is 38.9 Å². The third-order valence-corrected chi connectivity index (χ3v) is 3.51. The molecule has 1 N–H and O–H groups in total. The lowest BCUT2D eigenvalue weighted by atomic mass is 10.2. The van der Waals surface area contributed by atoms with E-state index >= 15 is 0 Å². The molecule has 1 aromatic heterocycles. The molecule has 0 aliphatic carbocycles. The van der Waals surface area contributed by atoms with Crippen LogP contribution in [0.2, 0.25) is 0 Å². The Morgan fingerprint density at radius 3 is 2.84 bits per heavy atom. The van der Waals surface area contributed by atoms with Crippen molar-refractivity contribution in [3.8, 4) is 0 Å². The summed E-state index contributed by atoms with van der Waals surface area (Å²) in [5.41, 5.74) is 1.94. The van der Waals surface area contributed by atoms with Gasteiger partial charge in [0.05, 0.1) is 10.6 Å². The van der Waals surface area contributed by atoms with Crippen molar-refractivity contribution in [1.29, 1.82) is 0 Å². The fraction of sp³-hybridized carbons (Fsp3) is 0.231. The van der Waals surface area contributed by atoms with Gasteiger partial charge in [0.1, 0.15) is 0 Å². The zero-order valence-electron chi connectivity index (χ0n) is 10.5. The number of hydrogen-bond donors (Lipinski definition) is 1. The number of halogens is 1. The summed E-state index contributed by atoms with van der Waals surface area (Å²) < 4.78 is 2.90. The van der Waals surface area contributed by atoms with E-state index in [1.807, 2.05) is 12.3 Å². The Balaban J connectivity index is 2.10. The number of anilines is 1. The van der Waals surface area contributed by atoms with Crippen molar-refractivity contribution in [3.05, 3.63) is 56.8 Å². The topological polar surface area (TPSA) is 60.1 Å². The van der Waals surface area contributed by atoms with Crippen LogP contribution in [0.15, 0.2) is 41.1 Å². The minimum Gasteiger partial charge on any atom is -0.380 e. The Bertz CT molecular complexity index is 595. The highest BCUT2D eigenvalue weighted by Gasteiger charge is 2.09. The van der Waals surface area contributed by atoms with Gasteiger partial charge in [-0.25, -0.2) is 0 Å². The van der Waals surface area contributed by atoms with E-state index in [1.54, 1.807) is 6.07 Å². The van der Waals surface area contributed by atoms with Crippen LogP contribution in [0.3, 0.4) is 0 Å². The SMILES string of the molecule is CCn1ccc(CNc2cc([N+](=O)[O-])ccc2Br)c1. The number of nitro benzene ring substituents is 1. The Kier molecular flexibility index (Phi) is 4.21. The molecule has 6 heteroatoms. The molecule has 2 rings (SSSR count). The summed E-state index contributed by atoms with van der Waals surface area (Å²) in [5.74, 6) is 0. The number of hydrogen-bond acceptors (Lipinski definition) is 3. The van der Waals surface area contributed by atoms with Crippen LogP contribution >= 0.6 is 15.9 Å². The van der Waals surface area contributed by atoms with Crippen molar-refractivity contribution in [2.24, 2.45) is 0 Å². The Morgan fingerprint density at radius 2 is 2.21 bits per heavy atom. The zero-order valence-corrected chi connectivity index (χ0v) is 12.1. The number of aryl methyl sites for hydroxylation is 1. The molecule has 0 atom stereocenters. The first kappa shape index (κ1) is 13.6. The van der Waals surface area contributed by atoms with Crippen LogP contribution < -0.4 is 5.32 Å². The molecule has 0 bridgehead atoms. The third kappa shape index (κ3) is 3.35. The van der Waals surface area contributed by atoms with Gasteiger partial charge in [-0.2, -0.15) is 0 Å². The van der Waals surface area contributed by atoms with Crippen molar-refractivity contribution in [1.82, 2.24) is 4.57 Å². The van der Waals surface area contributed by atoms with Gasteiger partial charge in [0.2, 0.25) is 0 Å². The predicted molar refractivity (Wildman–Crippen MR) is 78.2 cm³/mol. The fourth-order valence-corrected chi connectivity index (χ4v) is 2.14. The van der Waals surface area contributed by atoms with Crippen LogP contribution in [0.1, 0.15) is 12.5 Å². The summed E-state index contributed by atoms with van der Waals surface area (Å²) in [6, 6.07) is 6.71. The van der Waals surface area contributed by atoms with Crippen LogP contribution in [0.25, 0.3) is 0 Å². The molecule has 0 aliphatic rings. The molecule has 0 fully saturated rings. The second-order valence-corrected chi connectivity index (χ2v) is 4.98. The molecular formula is C13H14BrN3O2. The number of nitrogens with one attached hydrogen (secondary N) is 1. The fourth-order valence-electron chi connectivity index (χ4n) is 1.75. The predicted octanol–water partition coefficient (Wildman–Crippen LogP) is 3.79. The van der Waals surface area contributed by atoms with E-state index in [9.17, 15) is 10.1 Å². The Labute approximate surface area is 119 Å². The normalized spacial score (nSPS) is 10.4. The Morgan fingerprint density at radius 1 is 1.42 bits per heavy atom. The first-order valence-corrected chi connectivity index (χ1v) is 6.72. The lowest BCUT2D eigenvalue weighted by Crippen LogP contribution is -2.00. The number of non-ortho nitro benzene ring substituents is 1. The van der Waals surface area contributed by atoms with Crippen LogP contribution in [-0.4, -0.2) is 9.49 Å². The van der Waals surface area contributed by atoms with Crippen LogP contribution in [0, 0.1) is 10.1 Å². The van der Waals surface area contributed by atoms with Gasteiger partial charge in [-0.1, -0.05) is 0 Å². The number of rotatable bonds is 5. The quantitative estimate of drug-likeness (QED) is 0.672. The summed E-state index contributed by atoms with van der Waals surface area (Å²) in [7, 11) is 0. The number of benzene rings is 1. The molecule has 0 unspecified atom stereocenters. The summed E-state index contributed by atoms with van der Waals surface area (Å²) in [4.78, 5) is 10.3. The minimum atomic E-state index is -0.398. The van der Waals surface area contributed by atoms with E-state index in [-0.39, 0.29) is 5.69 Å². The molecule has 100 valence electrons. The van der Waals surface area contributed by atoms with E-state index in [0.29, 0.717) is 6.54 Å². The number of nitro groups is 1. The average molecular weight is 324 g/mol. The molecule has 19 heavy (non-hydrogen) atoms. The van der Waals surface area contributed by atoms with Crippen LogP contribution in [0.4, 0.5) is 11.4 Å². The number of nitrogens with zero attached hydrogens (tertiary/aromatic N) is 2. The average Bonchev–Trinajstić information content (AvgIpc) is 2.85. The molecule has 0 saturated heterocycles. The summed E-state index contributed by atoms with van der Waals surface area (Å²) in [6.45, 7) is 3.64. The number of aromatic nitrogens is 1. The standard InChI is InChI=1S/C13H14BrN3O2/c1-2-16-6-5-10(9-16)8-15-13-7-11(17(18)19)3-4-12(13)14/h3-7,9,15H,2,8H2,1H3. The van der Waals surface area contributed by atoms with E-state index in [0.717, 1.165) is 22.3 Å². The maximum absolute atomic E-state index is 10.7. The molecule has 0 saturated carbocycles. The Hall–Kier alpha value is -1.82. The lowest BCUT2D eigenvalue weighted by molar-refractivity contribution is -0.384. The van der Waals surface area contributed by atoms with E-state index in [4.69, 9.17) is 0 Å². The largest absolute Gasteiger partial charge is 0.380 e. The third-order valence-electron chi connectivity index (χ3n) is 2.82. The second-order valence-electron chi connectivity index (χ2n) is 4.13. The van der Waals surface area contributed by atoms with Crippen LogP contribution in [-0.2, 0) is 13.1 Å². The van der Waals surface area contributed by atoms with Gasteiger partial charge in [0.15, 0.2) is 0 Å². The smallest absolute Gasteiger partial charge is 0.271 e. The zero-order chi connectivity index (χ0) is 13.8. The van der Waals surface area contributed by atoms with Gasteiger partial charge in [-0.3, -0.25) is 10.1 Å². The van der Waals surface area contributed by atoms with Crippen LogP contribution in [0.5, 0.6) is 0 Å². The summed E-state index contributed by atoms with van der Waals surface area (Å²) in [5, 5.41) is 13.9. The minimum absolute atomic E-state index is 0.0804. The molecular weight excluding hydrogens is 310 g/mol. The molecule has 0 radical (unpaired) electrons. The summed E-state index contributed by atoms with van der Waals surface area (Å²) in [6.07, 6.45) is 4.07. The van der Waals surface area contributed by atoms with Gasteiger partial charge in [0, 0.05) is 42.1 Å². The highest BCUT2D eigenvalue weighted by atomic mass is 79.9. The van der Waals surface area contributed by atoms with Gasteiger partial charge in [0.25, 0.3) is 5.69 Å². The maximum Gasteiger partial charge on any atom is 0.271 e. The van der Waals surface area contributed by atoms with Gasteiger partial charge >= 0.3 is 0 Å². The molecule has 5 nitrogen and oxygen atoms in total. The lowest BCUT2D eigenvalue weighted by Gasteiger charge is -2.07. The summed E-state index contributed by atoms with van der Waals surface area (Å²) >= 11 is 3.38. The van der Waals surface area contributed by atoms with Gasteiger partial charge in [-0.15, -0.1) is 0 Å². The molecule has 1 aromatic carbocycles. The van der Waals surface area contributed by atoms with Crippen molar-refractivity contribution >= 4 is 27.3 Å². The molecule has 0 spiro atoms. The van der Waals surface area contributed by atoms with Crippen molar-refractivity contribution in [2.75, 3.05) is 5.32 Å². The van der Waals surface area contributed by atoms with E-state index in [1.165, 1.54) is 12.1 Å². The second kappa shape index (κ2) is 5.88. The molecule has 0 aliphatic heterocycles. The van der Waals surface area contributed by atoms with E-state index < -0.39 is 4.92 Å². The van der Waals surface area contributed by atoms with Crippen molar-refractivity contribution < 1.29 is 4.92 Å². The van der Waals surface area contributed by atoms with Crippen molar-refractivity contribution in [3.63, 3.8) is 0 Å². The first-order valence-electron chi connectivity index (χ1n) is 5.92. The highest BCUT2D eigenvalue weighted by molar-refractivity contribution is 9.10. The van der Waals surface area contributed by atoms with Gasteiger partial charge in [-0.05, 0) is 40.5 Å². The first-order chi connectivity index (χ1) is 9.10. The van der Waals surface area contributed by atoms with Gasteiger partial charge < -0.3 is 9.88 Å². The maximum atomic E-state index is 10.7. The molecule has 1 heterocycles. The molecule has 2 aromatic rings.